The second-order valence-corrected chi connectivity index (χ2v) is 8.56. The number of para-hydroxylation sites is 2. The Hall–Kier alpha value is -3.73. The lowest BCUT2D eigenvalue weighted by Crippen LogP contribution is -2.54. The van der Waals surface area contributed by atoms with Crippen molar-refractivity contribution in [2.45, 2.75) is 18.3 Å². The van der Waals surface area contributed by atoms with E-state index in [9.17, 15) is 14.4 Å². The third kappa shape index (κ3) is 2.11. The van der Waals surface area contributed by atoms with Crippen molar-refractivity contribution in [3.05, 3.63) is 95.1 Å². The van der Waals surface area contributed by atoms with Crippen LogP contribution in [0.3, 0.4) is 0 Å². The van der Waals surface area contributed by atoms with Gasteiger partial charge in [0.25, 0.3) is 0 Å². The van der Waals surface area contributed by atoms with Gasteiger partial charge in [-0.05, 0) is 41.3 Å². The van der Waals surface area contributed by atoms with E-state index in [4.69, 9.17) is 4.74 Å². The van der Waals surface area contributed by atoms with Crippen LogP contribution in [0.25, 0.3) is 0 Å². The highest BCUT2D eigenvalue weighted by atomic mass is 16.5. The molecule has 0 radical (unpaired) electrons. The van der Waals surface area contributed by atoms with Crippen LogP contribution in [0, 0.1) is 11.8 Å². The predicted octanol–water partition coefficient (Wildman–Crippen LogP) is 3.84. The van der Waals surface area contributed by atoms with Crippen molar-refractivity contribution >= 4 is 23.8 Å². The summed E-state index contributed by atoms with van der Waals surface area (Å²) in [4.78, 5) is 42.1. The van der Waals surface area contributed by atoms with E-state index in [-0.39, 0.29) is 17.7 Å². The summed E-state index contributed by atoms with van der Waals surface area (Å²) in [7, 11) is 0. The fraction of sp³-hybridized carbons (Fsp3) is 0.222. The molecule has 2 amide bonds. The predicted molar refractivity (Wildman–Crippen MR) is 119 cm³/mol. The SMILES string of the molecule is CCOc1ccccc1N1C(=O)C2[C@@H](C1=O)C1c3ccccc3C2(C=O)c2ccccc21. The molecular weight excluding hydrogens is 402 g/mol. The average Bonchev–Trinajstić information content (AvgIpc) is 3.10. The second kappa shape index (κ2) is 6.63. The molecule has 7 rings (SSSR count). The molecule has 2 bridgehead atoms. The summed E-state index contributed by atoms with van der Waals surface area (Å²) < 4.78 is 5.73. The van der Waals surface area contributed by atoms with Gasteiger partial charge in [-0.1, -0.05) is 60.7 Å². The van der Waals surface area contributed by atoms with E-state index in [1.54, 1.807) is 18.2 Å². The van der Waals surface area contributed by atoms with Gasteiger partial charge in [0, 0.05) is 5.92 Å². The first kappa shape index (κ1) is 19.0. The summed E-state index contributed by atoms with van der Waals surface area (Å²) in [6.07, 6.45) is 0.890. The van der Waals surface area contributed by atoms with Gasteiger partial charge < -0.3 is 9.53 Å². The number of carbonyl (C=O) groups is 3. The number of ether oxygens (including phenoxy) is 1. The molecule has 32 heavy (non-hydrogen) atoms. The maximum atomic E-state index is 14.0. The molecule has 1 unspecified atom stereocenters. The summed E-state index contributed by atoms with van der Waals surface area (Å²) in [6, 6.07) is 22.6. The van der Waals surface area contributed by atoms with Crippen molar-refractivity contribution < 1.29 is 19.1 Å². The molecule has 5 heteroatoms. The number of amides is 2. The number of imide groups is 1. The summed E-state index contributed by atoms with van der Waals surface area (Å²) in [5, 5.41) is 0. The largest absolute Gasteiger partial charge is 0.492 e. The number of benzene rings is 3. The monoisotopic (exact) mass is 423 g/mol. The van der Waals surface area contributed by atoms with Crippen molar-refractivity contribution in [1.29, 1.82) is 0 Å². The van der Waals surface area contributed by atoms with E-state index in [1.807, 2.05) is 61.5 Å². The minimum absolute atomic E-state index is 0.269. The van der Waals surface area contributed by atoms with Crippen molar-refractivity contribution in [2.24, 2.45) is 11.8 Å². The molecule has 1 saturated heterocycles. The number of anilines is 1. The molecule has 3 aliphatic carbocycles. The van der Waals surface area contributed by atoms with Crippen molar-refractivity contribution in [3.63, 3.8) is 0 Å². The molecule has 4 aliphatic rings. The Balaban J connectivity index is 1.62. The maximum absolute atomic E-state index is 14.0. The molecule has 5 nitrogen and oxygen atoms in total. The maximum Gasteiger partial charge on any atom is 0.239 e. The van der Waals surface area contributed by atoms with E-state index >= 15 is 0 Å². The average molecular weight is 423 g/mol. The molecule has 158 valence electrons. The molecule has 3 aromatic carbocycles. The molecule has 0 aromatic heterocycles. The van der Waals surface area contributed by atoms with Crippen LogP contribution in [0.15, 0.2) is 72.8 Å². The Bertz CT molecular complexity index is 1250. The third-order valence-corrected chi connectivity index (χ3v) is 7.28. The van der Waals surface area contributed by atoms with Crippen molar-refractivity contribution in [2.75, 3.05) is 11.5 Å². The van der Waals surface area contributed by atoms with Gasteiger partial charge in [-0.25, -0.2) is 4.90 Å². The van der Waals surface area contributed by atoms with E-state index in [2.05, 4.69) is 0 Å². The van der Waals surface area contributed by atoms with Gasteiger partial charge in [0.15, 0.2) is 0 Å². The number of rotatable bonds is 4. The molecule has 0 N–H and O–H groups in total. The minimum Gasteiger partial charge on any atom is -0.492 e. The van der Waals surface area contributed by atoms with Crippen LogP contribution >= 0.6 is 0 Å². The van der Waals surface area contributed by atoms with Crippen LogP contribution in [0.2, 0.25) is 0 Å². The topological polar surface area (TPSA) is 63.7 Å². The van der Waals surface area contributed by atoms with Gasteiger partial charge in [0.2, 0.25) is 11.8 Å². The third-order valence-electron chi connectivity index (χ3n) is 7.28. The summed E-state index contributed by atoms with van der Waals surface area (Å²) in [6.45, 7) is 2.27. The van der Waals surface area contributed by atoms with Crippen LogP contribution in [-0.4, -0.2) is 24.7 Å². The molecule has 1 aliphatic heterocycles. The molecule has 0 saturated carbocycles. The smallest absolute Gasteiger partial charge is 0.239 e. The van der Waals surface area contributed by atoms with Crippen molar-refractivity contribution in [1.82, 2.24) is 0 Å². The van der Waals surface area contributed by atoms with Crippen LogP contribution in [0.1, 0.15) is 35.1 Å². The normalized spacial score (nSPS) is 27.0. The number of hydrogen-bond donors (Lipinski definition) is 0. The second-order valence-electron chi connectivity index (χ2n) is 8.56. The standard InChI is InChI=1S/C27H21NO4/c1-2-32-21-14-8-7-13-20(21)28-25(30)23-22-16-9-3-5-11-18(16)27(15-29,24(23)26(28)31)19-12-6-4-10-17(19)22/h3-15,22-24H,2H2,1H3/t22?,23-,24?,27?/m0/s1. The highest BCUT2D eigenvalue weighted by Crippen LogP contribution is 2.63. The lowest BCUT2D eigenvalue weighted by molar-refractivity contribution is -0.128. The van der Waals surface area contributed by atoms with Gasteiger partial charge in [0.1, 0.15) is 12.0 Å². The van der Waals surface area contributed by atoms with Gasteiger partial charge >= 0.3 is 0 Å². The first-order chi connectivity index (χ1) is 15.6. The first-order valence-electron chi connectivity index (χ1n) is 10.9. The highest BCUT2D eigenvalue weighted by molar-refractivity contribution is 6.25. The zero-order valence-electron chi connectivity index (χ0n) is 17.5. The zero-order valence-corrected chi connectivity index (χ0v) is 17.5. The quantitative estimate of drug-likeness (QED) is 0.473. The number of aldehydes is 1. The Morgan fingerprint density at radius 1 is 0.875 bits per heavy atom. The minimum atomic E-state index is -1.19. The van der Waals surface area contributed by atoms with Gasteiger partial charge in [-0.3, -0.25) is 9.59 Å². The summed E-state index contributed by atoms with van der Waals surface area (Å²) in [5.41, 5.74) is 2.84. The van der Waals surface area contributed by atoms with Gasteiger partial charge in [0.05, 0.1) is 29.5 Å². The Morgan fingerprint density at radius 3 is 2.09 bits per heavy atom. The fourth-order valence-electron chi connectivity index (χ4n) is 6.19. The van der Waals surface area contributed by atoms with Crippen molar-refractivity contribution in [3.8, 4) is 5.75 Å². The molecule has 3 aromatic rings. The van der Waals surface area contributed by atoms with Crippen LogP contribution in [-0.2, 0) is 19.8 Å². The first-order valence-corrected chi connectivity index (χ1v) is 10.9. The Morgan fingerprint density at radius 2 is 1.47 bits per heavy atom. The molecule has 2 atom stereocenters. The molecular formula is C27H21NO4. The lowest BCUT2D eigenvalue weighted by atomic mass is 9.48. The van der Waals surface area contributed by atoms with Crippen LogP contribution < -0.4 is 9.64 Å². The number of carbonyl (C=O) groups excluding carboxylic acids is 3. The Kier molecular flexibility index (Phi) is 3.94. The van der Waals surface area contributed by atoms with E-state index in [1.165, 1.54) is 4.90 Å². The number of nitrogens with zero attached hydrogens (tertiary/aromatic N) is 1. The summed E-state index contributed by atoms with van der Waals surface area (Å²) in [5.74, 6) is -1.81. The van der Waals surface area contributed by atoms with Crippen LogP contribution in [0.4, 0.5) is 5.69 Å². The number of hydrogen-bond acceptors (Lipinski definition) is 4. The van der Waals surface area contributed by atoms with E-state index in [0.717, 1.165) is 28.5 Å². The zero-order chi connectivity index (χ0) is 22.0. The molecule has 0 spiro atoms. The highest BCUT2D eigenvalue weighted by Gasteiger charge is 2.68. The van der Waals surface area contributed by atoms with Crippen LogP contribution in [0.5, 0.6) is 5.75 Å². The summed E-state index contributed by atoms with van der Waals surface area (Å²) >= 11 is 0. The van der Waals surface area contributed by atoms with E-state index in [0.29, 0.717) is 18.0 Å². The van der Waals surface area contributed by atoms with Gasteiger partial charge in [-0.15, -0.1) is 0 Å². The lowest BCUT2D eigenvalue weighted by Gasteiger charge is -2.51. The van der Waals surface area contributed by atoms with Gasteiger partial charge in [-0.2, -0.15) is 0 Å². The molecule has 1 fully saturated rings. The molecule has 1 heterocycles. The Labute approximate surface area is 185 Å². The fourth-order valence-corrected chi connectivity index (χ4v) is 6.19. The van der Waals surface area contributed by atoms with E-state index < -0.39 is 17.3 Å².